The van der Waals surface area contributed by atoms with Crippen LogP contribution < -0.4 is 30.4 Å². The molecule has 208 valence electrons. The van der Waals surface area contributed by atoms with E-state index in [-0.39, 0.29) is 49.4 Å². The summed E-state index contributed by atoms with van der Waals surface area (Å²) in [6, 6.07) is 14.3. The standard InChI is InChI=1S/C28H28N4O7S/c1-36-19-8-6-18(7-9-19)14-29-25(33)5-2-10-32-27(35)21-12-23-24(39-17-38-23)13-22(21)31-28(32)40-16-26(34)30-15-20-4-3-11-37-20/h3-4,6-9,11-13H,2,5,10,14-17H2,1H3,(H,29,33)(H,30,34). The topological polar surface area (TPSA) is 134 Å². The lowest BCUT2D eigenvalue weighted by Gasteiger charge is -2.13. The van der Waals surface area contributed by atoms with E-state index in [0.717, 1.165) is 23.1 Å². The van der Waals surface area contributed by atoms with E-state index < -0.39 is 0 Å². The number of rotatable bonds is 12. The Kier molecular flexibility index (Phi) is 8.55. The first-order valence-electron chi connectivity index (χ1n) is 12.7. The third-order valence-electron chi connectivity index (χ3n) is 6.22. The van der Waals surface area contributed by atoms with Crippen molar-refractivity contribution in [2.45, 2.75) is 37.6 Å². The minimum absolute atomic E-state index is 0.0472. The average molecular weight is 565 g/mol. The molecule has 0 unspecified atom stereocenters. The Balaban J connectivity index is 1.25. The molecule has 0 saturated carbocycles. The number of furan rings is 1. The maximum Gasteiger partial charge on any atom is 0.262 e. The Labute approximate surface area is 233 Å². The van der Waals surface area contributed by atoms with Crippen molar-refractivity contribution in [2.75, 3.05) is 19.7 Å². The lowest BCUT2D eigenvalue weighted by Crippen LogP contribution is -2.27. The van der Waals surface area contributed by atoms with Crippen molar-refractivity contribution in [2.24, 2.45) is 0 Å². The largest absolute Gasteiger partial charge is 0.497 e. The van der Waals surface area contributed by atoms with Crippen LogP contribution in [-0.2, 0) is 29.2 Å². The number of carbonyl (C=O) groups excluding carboxylic acids is 2. The molecular weight excluding hydrogens is 536 g/mol. The summed E-state index contributed by atoms with van der Waals surface area (Å²) in [5.41, 5.74) is 1.12. The molecule has 3 heterocycles. The van der Waals surface area contributed by atoms with Crippen LogP contribution in [0.3, 0.4) is 0 Å². The minimum atomic E-state index is -0.277. The van der Waals surface area contributed by atoms with Gasteiger partial charge in [0, 0.05) is 25.6 Å². The molecule has 2 aromatic heterocycles. The van der Waals surface area contributed by atoms with Gasteiger partial charge in [0.25, 0.3) is 5.56 Å². The maximum absolute atomic E-state index is 13.5. The van der Waals surface area contributed by atoms with E-state index in [2.05, 4.69) is 15.6 Å². The normalized spacial score (nSPS) is 11.9. The van der Waals surface area contributed by atoms with Gasteiger partial charge >= 0.3 is 0 Å². The van der Waals surface area contributed by atoms with Crippen LogP contribution in [0, 0.1) is 0 Å². The van der Waals surface area contributed by atoms with Crippen molar-refractivity contribution in [1.82, 2.24) is 20.2 Å². The molecule has 4 aromatic rings. The highest BCUT2D eigenvalue weighted by atomic mass is 32.2. The van der Waals surface area contributed by atoms with Crippen LogP contribution >= 0.6 is 11.8 Å². The number of nitrogens with one attached hydrogen (secondary N) is 2. The van der Waals surface area contributed by atoms with Gasteiger partial charge in [-0.15, -0.1) is 0 Å². The molecule has 2 aromatic carbocycles. The molecule has 0 spiro atoms. The zero-order valence-electron chi connectivity index (χ0n) is 21.8. The Morgan fingerprint density at radius 2 is 1.82 bits per heavy atom. The maximum atomic E-state index is 13.5. The smallest absolute Gasteiger partial charge is 0.262 e. The van der Waals surface area contributed by atoms with Crippen LogP contribution in [0.25, 0.3) is 10.9 Å². The fourth-order valence-corrected chi connectivity index (χ4v) is 4.96. The third-order valence-corrected chi connectivity index (χ3v) is 7.20. The van der Waals surface area contributed by atoms with Gasteiger partial charge in [-0.05, 0) is 42.3 Å². The molecular formula is C28H28N4O7S. The molecule has 11 nitrogen and oxygen atoms in total. The molecule has 0 saturated heterocycles. The Hall–Kier alpha value is -4.45. The highest BCUT2D eigenvalue weighted by Gasteiger charge is 2.20. The van der Waals surface area contributed by atoms with Crippen LogP contribution in [0.1, 0.15) is 24.2 Å². The van der Waals surface area contributed by atoms with Gasteiger partial charge in [0.05, 0.1) is 36.6 Å². The number of nitrogens with zero attached hydrogens (tertiary/aromatic N) is 2. The van der Waals surface area contributed by atoms with Crippen LogP contribution in [0.2, 0.25) is 0 Å². The van der Waals surface area contributed by atoms with Crippen molar-refractivity contribution in [3.63, 3.8) is 0 Å². The predicted molar refractivity (Wildman–Crippen MR) is 147 cm³/mol. The van der Waals surface area contributed by atoms with E-state index in [1.165, 1.54) is 4.57 Å². The van der Waals surface area contributed by atoms with Crippen LogP contribution in [-0.4, -0.2) is 41.0 Å². The Morgan fingerprint density at radius 1 is 1.05 bits per heavy atom. The number of amides is 2. The van der Waals surface area contributed by atoms with Crippen molar-refractivity contribution in [3.05, 3.63) is 76.5 Å². The highest BCUT2D eigenvalue weighted by molar-refractivity contribution is 7.99. The van der Waals surface area contributed by atoms with E-state index in [9.17, 15) is 14.4 Å². The molecule has 40 heavy (non-hydrogen) atoms. The Morgan fingerprint density at radius 3 is 2.58 bits per heavy atom. The first kappa shape index (κ1) is 27.1. The summed E-state index contributed by atoms with van der Waals surface area (Å²) >= 11 is 1.15. The fourth-order valence-electron chi connectivity index (χ4n) is 4.11. The quantitative estimate of drug-likeness (QED) is 0.196. The van der Waals surface area contributed by atoms with Crippen molar-refractivity contribution in [3.8, 4) is 17.2 Å². The van der Waals surface area contributed by atoms with E-state index in [4.69, 9.17) is 18.6 Å². The van der Waals surface area contributed by atoms with Gasteiger partial charge in [-0.25, -0.2) is 4.98 Å². The number of ether oxygens (including phenoxy) is 3. The summed E-state index contributed by atoms with van der Waals surface area (Å²) in [7, 11) is 1.60. The summed E-state index contributed by atoms with van der Waals surface area (Å²) in [5, 5.41) is 6.44. The third kappa shape index (κ3) is 6.57. The highest BCUT2D eigenvalue weighted by Crippen LogP contribution is 2.35. The number of hydrogen-bond donors (Lipinski definition) is 2. The van der Waals surface area contributed by atoms with Gasteiger partial charge in [0.2, 0.25) is 18.6 Å². The van der Waals surface area contributed by atoms with Gasteiger partial charge in [-0.2, -0.15) is 0 Å². The van der Waals surface area contributed by atoms with Crippen LogP contribution in [0.5, 0.6) is 17.2 Å². The molecule has 0 bridgehead atoms. The minimum Gasteiger partial charge on any atom is -0.497 e. The van der Waals surface area contributed by atoms with E-state index >= 15 is 0 Å². The lowest BCUT2D eigenvalue weighted by atomic mass is 10.2. The average Bonchev–Trinajstić information content (AvgIpc) is 3.66. The van der Waals surface area contributed by atoms with Crippen molar-refractivity contribution < 1.29 is 28.2 Å². The van der Waals surface area contributed by atoms with Crippen LogP contribution in [0.15, 0.2) is 69.2 Å². The number of thioether (sulfide) groups is 1. The van der Waals surface area contributed by atoms with Gasteiger partial charge in [0.15, 0.2) is 16.7 Å². The monoisotopic (exact) mass is 564 g/mol. The predicted octanol–water partition coefficient (Wildman–Crippen LogP) is 3.23. The number of hydrogen-bond acceptors (Lipinski definition) is 9. The number of methoxy groups -OCH3 is 1. The number of aromatic nitrogens is 2. The van der Waals surface area contributed by atoms with Gasteiger partial charge in [-0.1, -0.05) is 23.9 Å². The second-order valence-electron chi connectivity index (χ2n) is 8.95. The second-order valence-corrected chi connectivity index (χ2v) is 9.89. The van der Waals surface area contributed by atoms with E-state index in [0.29, 0.717) is 46.3 Å². The SMILES string of the molecule is COc1ccc(CNC(=O)CCCn2c(SCC(=O)NCc3ccco3)nc3cc4c(cc3c2=O)OCO4)cc1. The number of fused-ring (bicyclic) bond motifs is 2. The van der Waals surface area contributed by atoms with E-state index in [1.807, 2.05) is 24.3 Å². The molecule has 2 N–H and O–H groups in total. The summed E-state index contributed by atoms with van der Waals surface area (Å²) < 4.78 is 22.8. The second kappa shape index (κ2) is 12.6. The molecule has 5 rings (SSSR count). The lowest BCUT2D eigenvalue weighted by molar-refractivity contribution is -0.121. The first-order valence-corrected chi connectivity index (χ1v) is 13.6. The van der Waals surface area contributed by atoms with Gasteiger partial charge in [0.1, 0.15) is 11.5 Å². The van der Waals surface area contributed by atoms with Crippen LogP contribution in [0.4, 0.5) is 0 Å². The summed E-state index contributed by atoms with van der Waals surface area (Å²) in [4.78, 5) is 43.1. The first-order chi connectivity index (χ1) is 19.5. The molecule has 12 heteroatoms. The molecule has 1 aliphatic heterocycles. The summed E-state index contributed by atoms with van der Waals surface area (Å²) in [5.74, 6) is 2.06. The van der Waals surface area contributed by atoms with Gasteiger partial charge < -0.3 is 29.3 Å². The molecule has 1 aliphatic rings. The molecule has 0 atom stereocenters. The number of carbonyl (C=O) groups is 2. The van der Waals surface area contributed by atoms with Crippen molar-refractivity contribution >= 4 is 34.5 Å². The fraction of sp³-hybridized carbons (Fsp3) is 0.286. The summed E-state index contributed by atoms with van der Waals surface area (Å²) in [6.07, 6.45) is 2.17. The summed E-state index contributed by atoms with van der Waals surface area (Å²) in [6.45, 7) is 0.979. The molecule has 0 fully saturated rings. The zero-order chi connectivity index (χ0) is 27.9. The zero-order valence-corrected chi connectivity index (χ0v) is 22.6. The number of benzene rings is 2. The molecule has 0 radical (unpaired) electrons. The molecule has 2 amide bonds. The molecule has 0 aliphatic carbocycles. The van der Waals surface area contributed by atoms with Crippen molar-refractivity contribution in [1.29, 1.82) is 0 Å². The van der Waals surface area contributed by atoms with Gasteiger partial charge in [-0.3, -0.25) is 19.0 Å². The Bertz CT molecular complexity index is 1550. The van der Waals surface area contributed by atoms with E-state index in [1.54, 1.807) is 37.6 Å².